The second kappa shape index (κ2) is 6.29. The molecule has 0 radical (unpaired) electrons. The number of nitrogens with one attached hydrogen (secondary N) is 1. The Hall–Kier alpha value is -2.92. The number of aromatic nitrogens is 2. The molecule has 5 nitrogen and oxygen atoms in total. The Morgan fingerprint density at radius 3 is 1.96 bits per heavy atom. The lowest BCUT2D eigenvalue weighted by Gasteiger charge is -2.27. The summed E-state index contributed by atoms with van der Waals surface area (Å²) in [6, 6.07) is 19.5. The molecule has 0 atom stereocenters. The van der Waals surface area contributed by atoms with Gasteiger partial charge in [0.05, 0.1) is 0 Å². The zero-order valence-corrected chi connectivity index (χ0v) is 13.6. The maximum atomic E-state index is 12.9. The van der Waals surface area contributed by atoms with Crippen LogP contribution >= 0.6 is 0 Å². The summed E-state index contributed by atoms with van der Waals surface area (Å²) in [6.07, 6.45) is 0. The molecule has 0 aliphatic heterocycles. The number of anilines is 1. The van der Waals surface area contributed by atoms with Gasteiger partial charge in [-0.3, -0.25) is 9.48 Å². The van der Waals surface area contributed by atoms with Gasteiger partial charge in [0, 0.05) is 18.8 Å². The van der Waals surface area contributed by atoms with Crippen LogP contribution < -0.4 is 5.32 Å². The fourth-order valence-electron chi connectivity index (χ4n) is 2.62. The smallest absolute Gasteiger partial charge is 0.266 e. The summed E-state index contributed by atoms with van der Waals surface area (Å²) in [7, 11) is 1.80. The van der Waals surface area contributed by atoms with Gasteiger partial charge in [0.1, 0.15) is 0 Å². The van der Waals surface area contributed by atoms with E-state index in [1.807, 2.05) is 19.1 Å². The lowest BCUT2D eigenvalue weighted by atomic mass is 9.85. The average Bonchev–Trinajstić information content (AvgIpc) is 2.93. The van der Waals surface area contributed by atoms with Crippen molar-refractivity contribution in [3.05, 3.63) is 83.6 Å². The molecule has 1 amide bonds. The van der Waals surface area contributed by atoms with Crippen LogP contribution in [0.25, 0.3) is 0 Å². The lowest BCUT2D eigenvalue weighted by Crippen LogP contribution is -2.41. The molecule has 0 aliphatic carbocycles. The van der Waals surface area contributed by atoms with Crippen LogP contribution in [-0.2, 0) is 17.4 Å². The highest BCUT2D eigenvalue weighted by molar-refractivity contribution is 5.99. The van der Waals surface area contributed by atoms with Crippen LogP contribution in [0, 0.1) is 6.92 Å². The molecule has 24 heavy (non-hydrogen) atoms. The molecule has 122 valence electrons. The highest BCUT2D eigenvalue weighted by Gasteiger charge is 2.40. The molecule has 0 saturated carbocycles. The van der Waals surface area contributed by atoms with E-state index in [0.29, 0.717) is 16.9 Å². The zero-order valence-electron chi connectivity index (χ0n) is 13.6. The van der Waals surface area contributed by atoms with Crippen molar-refractivity contribution in [1.29, 1.82) is 0 Å². The number of aryl methyl sites for hydroxylation is 2. The van der Waals surface area contributed by atoms with Crippen molar-refractivity contribution in [3.8, 4) is 0 Å². The Morgan fingerprint density at radius 2 is 1.54 bits per heavy atom. The van der Waals surface area contributed by atoms with E-state index in [1.54, 1.807) is 66.3 Å². The number of benzene rings is 2. The van der Waals surface area contributed by atoms with Gasteiger partial charge in [-0.1, -0.05) is 60.7 Å². The van der Waals surface area contributed by atoms with Gasteiger partial charge in [0.2, 0.25) is 0 Å². The Labute approximate surface area is 140 Å². The highest BCUT2D eigenvalue weighted by atomic mass is 16.3. The number of hydrogen-bond donors (Lipinski definition) is 2. The van der Waals surface area contributed by atoms with Gasteiger partial charge in [0.25, 0.3) is 5.91 Å². The van der Waals surface area contributed by atoms with Crippen LogP contribution in [0.4, 0.5) is 5.82 Å². The Bertz CT molecular complexity index is 783. The van der Waals surface area contributed by atoms with Crippen molar-refractivity contribution in [2.45, 2.75) is 12.5 Å². The fraction of sp³-hybridized carbons (Fsp3) is 0.158. The monoisotopic (exact) mass is 321 g/mol. The van der Waals surface area contributed by atoms with E-state index in [9.17, 15) is 9.90 Å². The number of aliphatic hydroxyl groups is 1. The van der Waals surface area contributed by atoms with Gasteiger partial charge in [-0.05, 0) is 18.1 Å². The number of carbonyl (C=O) groups is 1. The van der Waals surface area contributed by atoms with Gasteiger partial charge in [-0.2, -0.15) is 5.10 Å². The molecule has 1 heterocycles. The van der Waals surface area contributed by atoms with Gasteiger partial charge in [-0.25, -0.2) is 0 Å². The summed E-state index contributed by atoms with van der Waals surface area (Å²) in [4.78, 5) is 12.9. The number of hydrogen-bond acceptors (Lipinski definition) is 3. The number of carbonyl (C=O) groups excluding carboxylic acids is 1. The van der Waals surface area contributed by atoms with Crippen LogP contribution in [0.3, 0.4) is 0 Å². The van der Waals surface area contributed by atoms with Crippen LogP contribution in [0.15, 0.2) is 66.7 Å². The van der Waals surface area contributed by atoms with E-state index in [4.69, 9.17) is 0 Å². The van der Waals surface area contributed by atoms with Crippen molar-refractivity contribution >= 4 is 11.7 Å². The number of nitrogens with zero attached hydrogens (tertiary/aromatic N) is 2. The molecule has 0 bridgehead atoms. The molecule has 0 aliphatic rings. The molecule has 2 N–H and O–H groups in total. The van der Waals surface area contributed by atoms with Crippen molar-refractivity contribution in [1.82, 2.24) is 9.78 Å². The third-order valence-corrected chi connectivity index (χ3v) is 4.07. The maximum Gasteiger partial charge on any atom is 0.266 e. The third kappa shape index (κ3) is 2.81. The summed E-state index contributed by atoms with van der Waals surface area (Å²) in [5.41, 5.74) is 0.115. The van der Waals surface area contributed by atoms with Gasteiger partial charge in [0.15, 0.2) is 11.4 Å². The molecule has 1 aromatic heterocycles. The predicted molar refractivity (Wildman–Crippen MR) is 92.5 cm³/mol. The van der Waals surface area contributed by atoms with Crippen LogP contribution in [-0.4, -0.2) is 20.8 Å². The lowest BCUT2D eigenvalue weighted by molar-refractivity contribution is -0.131. The molecule has 2 aromatic carbocycles. The molecule has 0 spiro atoms. The minimum Gasteiger partial charge on any atom is -0.372 e. The highest BCUT2D eigenvalue weighted by Crippen LogP contribution is 2.31. The topological polar surface area (TPSA) is 67.2 Å². The summed E-state index contributed by atoms with van der Waals surface area (Å²) < 4.78 is 1.67. The number of rotatable bonds is 4. The Balaban J connectivity index is 2.03. The minimum atomic E-state index is -1.80. The van der Waals surface area contributed by atoms with E-state index in [2.05, 4.69) is 10.4 Å². The predicted octanol–water partition coefficient (Wildman–Crippen LogP) is 2.60. The first-order valence-electron chi connectivity index (χ1n) is 7.67. The largest absolute Gasteiger partial charge is 0.372 e. The molecule has 3 rings (SSSR count). The molecule has 0 saturated heterocycles. The Morgan fingerprint density at radius 1 is 1.04 bits per heavy atom. The SMILES string of the molecule is Cc1cc(NC(=O)C(O)(c2ccccc2)c2ccccc2)nn1C. The first-order chi connectivity index (χ1) is 11.5. The van der Waals surface area contributed by atoms with E-state index in [0.717, 1.165) is 5.69 Å². The minimum absolute atomic E-state index is 0.408. The van der Waals surface area contributed by atoms with Crippen molar-refractivity contribution in [3.63, 3.8) is 0 Å². The second-order valence-corrected chi connectivity index (χ2v) is 5.69. The van der Waals surface area contributed by atoms with Gasteiger partial charge >= 0.3 is 0 Å². The normalized spacial score (nSPS) is 11.3. The first-order valence-corrected chi connectivity index (χ1v) is 7.67. The zero-order chi connectivity index (χ0) is 17.2. The van der Waals surface area contributed by atoms with E-state index >= 15 is 0 Å². The second-order valence-electron chi connectivity index (χ2n) is 5.69. The summed E-state index contributed by atoms with van der Waals surface area (Å²) in [5.74, 6) is -0.136. The van der Waals surface area contributed by atoms with E-state index in [-0.39, 0.29) is 0 Å². The maximum absolute atomic E-state index is 12.9. The summed E-state index contributed by atoms with van der Waals surface area (Å²) in [5, 5.41) is 18.3. The fourth-order valence-corrected chi connectivity index (χ4v) is 2.62. The average molecular weight is 321 g/mol. The van der Waals surface area contributed by atoms with Crippen LogP contribution in [0.5, 0.6) is 0 Å². The quantitative estimate of drug-likeness (QED) is 0.776. The third-order valence-electron chi connectivity index (χ3n) is 4.07. The van der Waals surface area contributed by atoms with E-state index < -0.39 is 11.5 Å². The molecular formula is C19H19N3O2. The first kappa shape index (κ1) is 16.0. The van der Waals surface area contributed by atoms with Crippen molar-refractivity contribution in [2.24, 2.45) is 7.05 Å². The molecular weight excluding hydrogens is 302 g/mol. The van der Waals surface area contributed by atoms with Gasteiger partial charge in [-0.15, -0.1) is 0 Å². The number of amides is 1. The molecule has 0 unspecified atom stereocenters. The van der Waals surface area contributed by atoms with Crippen LogP contribution in [0.1, 0.15) is 16.8 Å². The molecule has 5 heteroatoms. The van der Waals surface area contributed by atoms with Crippen molar-refractivity contribution < 1.29 is 9.90 Å². The summed E-state index contributed by atoms with van der Waals surface area (Å²) >= 11 is 0. The molecule has 0 fully saturated rings. The Kier molecular flexibility index (Phi) is 4.18. The van der Waals surface area contributed by atoms with Gasteiger partial charge < -0.3 is 10.4 Å². The summed E-state index contributed by atoms with van der Waals surface area (Å²) in [6.45, 7) is 1.89. The van der Waals surface area contributed by atoms with E-state index in [1.165, 1.54) is 0 Å². The van der Waals surface area contributed by atoms with Crippen molar-refractivity contribution in [2.75, 3.05) is 5.32 Å². The molecule has 3 aromatic rings. The van der Waals surface area contributed by atoms with Crippen LogP contribution in [0.2, 0.25) is 0 Å². The standard InChI is InChI=1S/C19H19N3O2/c1-14-13-17(21-22(14)2)20-18(23)19(24,15-9-5-3-6-10-15)16-11-7-4-8-12-16/h3-13,24H,1-2H3,(H,20,21,23).